The van der Waals surface area contributed by atoms with E-state index >= 15 is 0 Å². The van der Waals surface area contributed by atoms with Gasteiger partial charge >= 0.3 is 6.09 Å². The highest BCUT2D eigenvalue weighted by Crippen LogP contribution is 2.28. The summed E-state index contributed by atoms with van der Waals surface area (Å²) in [5, 5.41) is 15.5. The van der Waals surface area contributed by atoms with Gasteiger partial charge < -0.3 is 25.4 Å². The largest absolute Gasteiger partial charge is 0.508 e. The molecule has 1 aromatic carbocycles. The van der Waals surface area contributed by atoms with Gasteiger partial charge in [-0.2, -0.15) is 0 Å². The second-order valence-electron chi connectivity index (χ2n) is 10.2. The molecule has 34 heavy (non-hydrogen) atoms. The van der Waals surface area contributed by atoms with Gasteiger partial charge in [-0.25, -0.2) is 4.79 Å². The molecule has 0 aromatic heterocycles. The summed E-state index contributed by atoms with van der Waals surface area (Å²) in [6, 6.07) is 4.36. The molecule has 2 rings (SSSR count). The predicted octanol–water partition coefficient (Wildman–Crippen LogP) is 4.42. The second kappa shape index (κ2) is 12.1. The lowest BCUT2D eigenvalue weighted by atomic mass is 9.94. The number of nitrogens with zero attached hydrogens (tertiary/aromatic N) is 1. The van der Waals surface area contributed by atoms with E-state index in [0.717, 1.165) is 25.7 Å². The third-order valence-electron chi connectivity index (χ3n) is 6.11. The number of phenols is 1. The highest BCUT2D eigenvalue weighted by atomic mass is 16.6. The molecule has 8 heteroatoms. The first-order chi connectivity index (χ1) is 15.9. The smallest absolute Gasteiger partial charge is 0.408 e. The zero-order valence-corrected chi connectivity index (χ0v) is 21.4. The molecule has 0 radical (unpaired) electrons. The van der Waals surface area contributed by atoms with Crippen LogP contribution in [0.2, 0.25) is 0 Å². The molecule has 1 aromatic rings. The van der Waals surface area contributed by atoms with Gasteiger partial charge in [0.2, 0.25) is 11.8 Å². The van der Waals surface area contributed by atoms with Crippen molar-refractivity contribution in [3.63, 3.8) is 0 Å². The van der Waals surface area contributed by atoms with E-state index < -0.39 is 23.8 Å². The van der Waals surface area contributed by atoms with Crippen molar-refractivity contribution >= 4 is 17.9 Å². The van der Waals surface area contributed by atoms with Crippen molar-refractivity contribution in [3.8, 4) is 5.75 Å². The second-order valence-corrected chi connectivity index (χ2v) is 10.2. The van der Waals surface area contributed by atoms with Crippen LogP contribution in [0.1, 0.15) is 91.7 Å². The van der Waals surface area contributed by atoms with Gasteiger partial charge in [-0.05, 0) is 71.6 Å². The van der Waals surface area contributed by atoms with E-state index in [1.54, 1.807) is 44.7 Å². The van der Waals surface area contributed by atoms with Crippen LogP contribution in [-0.4, -0.2) is 51.6 Å². The molecule has 0 aliphatic heterocycles. The number of alkyl carbamates (subject to hydrolysis) is 1. The average molecular weight is 476 g/mol. The molecule has 0 spiro atoms. The van der Waals surface area contributed by atoms with E-state index in [4.69, 9.17) is 4.74 Å². The Kier molecular flexibility index (Phi) is 9.77. The zero-order chi connectivity index (χ0) is 25.5. The molecule has 0 heterocycles. The fourth-order valence-electron chi connectivity index (χ4n) is 4.19. The van der Waals surface area contributed by atoms with E-state index in [1.165, 1.54) is 18.6 Å². The summed E-state index contributed by atoms with van der Waals surface area (Å²) in [4.78, 5) is 41.1. The first-order valence-electron chi connectivity index (χ1n) is 12.3. The molecule has 1 aliphatic carbocycles. The van der Waals surface area contributed by atoms with Crippen molar-refractivity contribution in [2.45, 2.75) is 110 Å². The fraction of sp³-hybridized carbons (Fsp3) is 0.654. The van der Waals surface area contributed by atoms with Crippen molar-refractivity contribution in [1.29, 1.82) is 0 Å². The molecule has 3 N–H and O–H groups in total. The monoisotopic (exact) mass is 475 g/mol. The van der Waals surface area contributed by atoms with E-state index in [1.807, 2.05) is 13.8 Å². The Hall–Kier alpha value is -2.77. The standard InChI is InChI=1S/C26H41N3O5/c1-7-17(2)29(24(32)18(3)27-25(33)34-26(4,5)6)22(19-13-15-21(30)16-14-19)23(31)28-20-11-9-8-10-12-20/h13-18,20,22,30H,7-12H2,1-6H3,(H,27,33)(H,28,31). The lowest BCUT2D eigenvalue weighted by molar-refractivity contribution is -0.145. The molecule has 1 fully saturated rings. The number of carbonyl (C=O) groups excluding carboxylic acids is 3. The lowest BCUT2D eigenvalue weighted by Crippen LogP contribution is -2.55. The topological polar surface area (TPSA) is 108 Å². The first-order valence-corrected chi connectivity index (χ1v) is 12.3. The molecule has 1 aliphatic rings. The molecular weight excluding hydrogens is 434 g/mol. The minimum atomic E-state index is -0.897. The van der Waals surface area contributed by atoms with Crippen LogP contribution in [0.15, 0.2) is 24.3 Å². The minimum absolute atomic E-state index is 0.0760. The Morgan fingerprint density at radius 1 is 1.09 bits per heavy atom. The number of benzene rings is 1. The van der Waals surface area contributed by atoms with Crippen LogP contribution in [-0.2, 0) is 14.3 Å². The van der Waals surface area contributed by atoms with Crippen LogP contribution in [0.25, 0.3) is 0 Å². The predicted molar refractivity (Wildman–Crippen MR) is 131 cm³/mol. The Labute approximate surface area is 203 Å². The van der Waals surface area contributed by atoms with Crippen LogP contribution >= 0.6 is 0 Å². The van der Waals surface area contributed by atoms with Crippen LogP contribution in [0.5, 0.6) is 5.75 Å². The summed E-state index contributed by atoms with van der Waals surface area (Å²) >= 11 is 0. The number of amides is 3. The molecule has 3 unspecified atom stereocenters. The Balaban J connectivity index is 2.35. The molecule has 0 bridgehead atoms. The number of rotatable bonds is 8. The number of aromatic hydroxyl groups is 1. The molecule has 8 nitrogen and oxygen atoms in total. The normalized spacial score (nSPS) is 17.2. The van der Waals surface area contributed by atoms with Gasteiger partial charge in [0.15, 0.2) is 0 Å². The third kappa shape index (κ3) is 7.92. The van der Waals surface area contributed by atoms with Crippen molar-refractivity contribution in [3.05, 3.63) is 29.8 Å². The lowest BCUT2D eigenvalue weighted by Gasteiger charge is -2.38. The number of phenolic OH excluding ortho intramolecular Hbond substituents is 1. The van der Waals surface area contributed by atoms with Crippen molar-refractivity contribution in [2.75, 3.05) is 0 Å². The Morgan fingerprint density at radius 2 is 1.68 bits per heavy atom. The van der Waals surface area contributed by atoms with E-state index in [0.29, 0.717) is 12.0 Å². The highest BCUT2D eigenvalue weighted by molar-refractivity contribution is 5.92. The fourth-order valence-corrected chi connectivity index (χ4v) is 4.19. The maximum atomic E-state index is 13.6. The maximum absolute atomic E-state index is 13.6. The molecule has 190 valence electrons. The zero-order valence-electron chi connectivity index (χ0n) is 21.4. The summed E-state index contributed by atoms with van der Waals surface area (Å²) in [7, 11) is 0. The van der Waals surface area contributed by atoms with Crippen molar-refractivity contribution < 1.29 is 24.2 Å². The van der Waals surface area contributed by atoms with Crippen LogP contribution in [0.3, 0.4) is 0 Å². The number of nitrogens with one attached hydrogen (secondary N) is 2. The number of hydrogen-bond donors (Lipinski definition) is 3. The summed E-state index contributed by atoms with van der Waals surface area (Å²) in [5.74, 6) is -0.552. The van der Waals surface area contributed by atoms with E-state index in [2.05, 4.69) is 10.6 Å². The quantitative estimate of drug-likeness (QED) is 0.516. The van der Waals surface area contributed by atoms with Crippen LogP contribution < -0.4 is 10.6 Å². The summed E-state index contributed by atoms with van der Waals surface area (Å²) in [6.45, 7) is 10.7. The van der Waals surface area contributed by atoms with Crippen LogP contribution in [0, 0.1) is 0 Å². The minimum Gasteiger partial charge on any atom is -0.508 e. The van der Waals surface area contributed by atoms with Gasteiger partial charge in [-0.1, -0.05) is 38.3 Å². The average Bonchev–Trinajstić information content (AvgIpc) is 2.76. The maximum Gasteiger partial charge on any atom is 0.408 e. The van der Waals surface area contributed by atoms with Gasteiger partial charge in [-0.3, -0.25) is 9.59 Å². The first kappa shape index (κ1) is 27.5. The SMILES string of the molecule is CCC(C)N(C(=O)C(C)NC(=O)OC(C)(C)C)C(C(=O)NC1CCCCC1)c1ccc(O)cc1. The highest BCUT2D eigenvalue weighted by Gasteiger charge is 2.37. The summed E-state index contributed by atoms with van der Waals surface area (Å²) in [6.07, 6.45) is 5.07. The molecule has 3 atom stereocenters. The molecular formula is C26H41N3O5. The number of ether oxygens (including phenoxy) is 1. The van der Waals surface area contributed by atoms with E-state index in [9.17, 15) is 19.5 Å². The van der Waals surface area contributed by atoms with Gasteiger partial charge in [-0.15, -0.1) is 0 Å². The van der Waals surface area contributed by atoms with Gasteiger partial charge in [0.25, 0.3) is 0 Å². The third-order valence-corrected chi connectivity index (χ3v) is 6.11. The number of carbonyl (C=O) groups is 3. The summed E-state index contributed by atoms with van der Waals surface area (Å²) in [5.41, 5.74) is -0.0956. The number of hydrogen-bond acceptors (Lipinski definition) is 5. The van der Waals surface area contributed by atoms with Crippen molar-refractivity contribution in [2.24, 2.45) is 0 Å². The molecule has 1 saturated carbocycles. The van der Waals surface area contributed by atoms with Gasteiger partial charge in [0.1, 0.15) is 23.4 Å². The van der Waals surface area contributed by atoms with E-state index in [-0.39, 0.29) is 29.6 Å². The summed E-state index contributed by atoms with van der Waals surface area (Å²) < 4.78 is 5.30. The molecule has 0 saturated heterocycles. The van der Waals surface area contributed by atoms with Crippen LogP contribution in [0.4, 0.5) is 4.79 Å². The van der Waals surface area contributed by atoms with Gasteiger partial charge in [0, 0.05) is 12.1 Å². The Bertz CT molecular complexity index is 828. The van der Waals surface area contributed by atoms with Gasteiger partial charge in [0.05, 0.1) is 0 Å². The molecule has 3 amide bonds. The van der Waals surface area contributed by atoms with Crippen molar-refractivity contribution in [1.82, 2.24) is 15.5 Å². The Morgan fingerprint density at radius 3 is 2.21 bits per heavy atom.